The second kappa shape index (κ2) is 16.2. The van der Waals surface area contributed by atoms with Gasteiger partial charge in [-0.1, -0.05) is 0 Å². The first-order valence-corrected chi connectivity index (χ1v) is 0.743. The number of amides is 1. The van der Waals surface area contributed by atoms with Gasteiger partial charge in [0.05, 0.1) is 0 Å². The first kappa shape index (κ1) is 7.34. The fraction of sp³-hybridized carbons (Fsp3) is 0.500. The lowest BCUT2D eigenvalue weighted by molar-refractivity contribution is -0.115. The molecule has 0 aromatic rings. The molecule has 0 unspecified atom stereocenters. The van der Waals surface area contributed by atoms with Crippen LogP contribution in [0.3, 0.4) is 0 Å². The number of carbonyl (C=O) groups is 1. The van der Waals surface area contributed by atoms with Crippen molar-refractivity contribution in [3.8, 4) is 0 Å². The Bertz CT molecular complexity index is 94.2. The summed E-state index contributed by atoms with van der Waals surface area (Å²) < 4.78 is 18.7. The van der Waals surface area contributed by atoms with E-state index in [1.165, 1.54) is 0 Å². The minimum absolute atomic E-state index is 0. The molecule has 0 spiro atoms. The Labute approximate surface area is 65.3 Å². The number of carbonyl (C=O) groups excluding carboxylic acids is 1. The Balaban J connectivity index is -0.0000000600. The van der Waals surface area contributed by atoms with Crippen LogP contribution in [0.25, 0.3) is 0 Å². The van der Waals surface area contributed by atoms with E-state index in [1.54, 1.807) is 0 Å². The van der Waals surface area contributed by atoms with E-state index in [4.69, 9.17) is 4.11 Å². The predicted molar refractivity (Wildman–Crippen MR) is 36.6 cm³/mol. The first-order chi connectivity index (χ1) is 2.94. The van der Waals surface area contributed by atoms with Crippen molar-refractivity contribution in [3.05, 3.63) is 0 Å². The maximum atomic E-state index is 9.68. The lowest BCUT2D eigenvalue weighted by atomic mass is 10.8. The molecule has 0 saturated heterocycles. The van der Waals surface area contributed by atoms with E-state index in [0.717, 1.165) is 0 Å². The molecule has 0 atom stereocenters. The van der Waals surface area contributed by atoms with Gasteiger partial charge in [0.1, 0.15) is 0 Å². The van der Waals surface area contributed by atoms with Gasteiger partial charge in [0.15, 0.2) is 0 Å². The van der Waals surface area contributed by atoms with E-state index in [-0.39, 0.29) is 37.2 Å². The third-order valence-corrected chi connectivity index (χ3v) is 0. The minimum Gasteiger partial charge on any atom is -0.370 e. The second-order valence-electron chi connectivity index (χ2n) is 0.364. The summed E-state index contributed by atoms with van der Waals surface area (Å²) in [5.41, 5.74) is 4.37. The summed E-state index contributed by atoms with van der Waals surface area (Å²) in [6, 6.07) is 0. The number of rotatable bonds is 0. The molecule has 0 bridgehead atoms. The standard InChI is InChI=1S/C2H5NO.3ClH/c1-2(3)4;;;/h1H3,(H2,3,4);3*1H/i1D3;;;. The largest absolute Gasteiger partial charge is 0.370 e. The molecule has 2 nitrogen and oxygen atoms in total. The van der Waals surface area contributed by atoms with Crippen molar-refractivity contribution in [2.45, 2.75) is 6.85 Å². The Kier molecular flexibility index (Phi) is 17.0. The van der Waals surface area contributed by atoms with Crippen LogP contribution in [0.5, 0.6) is 0 Å². The molecule has 0 aromatic heterocycles. The number of primary amides is 1. The molecule has 0 aromatic carbocycles. The average molecular weight is 171 g/mol. The van der Waals surface area contributed by atoms with E-state index in [2.05, 4.69) is 5.73 Å². The van der Waals surface area contributed by atoms with Crippen LogP contribution in [0.1, 0.15) is 11.0 Å². The summed E-state index contributed by atoms with van der Waals surface area (Å²) in [4.78, 5) is 9.68. The molecule has 1 amide bonds. The van der Waals surface area contributed by atoms with Crippen molar-refractivity contribution in [1.29, 1.82) is 0 Å². The van der Waals surface area contributed by atoms with Gasteiger partial charge >= 0.3 is 0 Å². The second-order valence-corrected chi connectivity index (χ2v) is 0.364. The molecule has 7 heavy (non-hydrogen) atoms. The Morgan fingerprint density at radius 1 is 1.57 bits per heavy atom. The van der Waals surface area contributed by atoms with Gasteiger partial charge in [-0.05, 0) is 0 Å². The summed E-state index contributed by atoms with van der Waals surface area (Å²) in [5, 5.41) is 0. The van der Waals surface area contributed by atoms with E-state index < -0.39 is 12.8 Å². The fourth-order valence-electron chi connectivity index (χ4n) is 0. The third kappa shape index (κ3) is 1030. The lowest BCUT2D eigenvalue weighted by Gasteiger charge is -1.60. The normalized spacial score (nSPS) is 11.7. The van der Waals surface area contributed by atoms with Crippen LogP contribution < -0.4 is 5.73 Å². The molecular weight excluding hydrogens is 160 g/mol. The van der Waals surface area contributed by atoms with Gasteiger partial charge in [-0.15, -0.1) is 37.2 Å². The molecular formula is C2H8Cl3NO. The summed E-state index contributed by atoms with van der Waals surface area (Å²) in [6.45, 7) is -2.61. The third-order valence-electron chi connectivity index (χ3n) is 0. The molecule has 0 radical (unpaired) electrons. The summed E-state index contributed by atoms with van der Waals surface area (Å²) in [6.07, 6.45) is 0. The molecule has 0 fully saturated rings. The SMILES string of the molecule is Cl.Cl.Cl.[2H]C([2H])([2H])C(N)=O. The highest BCUT2D eigenvalue weighted by Gasteiger charge is 1.61. The average Bonchev–Trinajstić information content (AvgIpc) is 1.31. The fourth-order valence-corrected chi connectivity index (χ4v) is 0. The van der Waals surface area contributed by atoms with Gasteiger partial charge in [0.25, 0.3) is 0 Å². The Morgan fingerprint density at radius 3 is 1.71 bits per heavy atom. The molecule has 0 rings (SSSR count). The first-order valence-electron chi connectivity index (χ1n) is 2.24. The molecule has 0 aliphatic heterocycles. The van der Waals surface area contributed by atoms with Gasteiger partial charge in [-0.25, -0.2) is 0 Å². The van der Waals surface area contributed by atoms with Crippen LogP contribution >= 0.6 is 37.2 Å². The smallest absolute Gasteiger partial charge is 0.214 e. The van der Waals surface area contributed by atoms with Gasteiger partial charge in [0.2, 0.25) is 5.91 Å². The van der Waals surface area contributed by atoms with Crippen molar-refractivity contribution in [3.63, 3.8) is 0 Å². The van der Waals surface area contributed by atoms with Crippen molar-refractivity contribution >= 4 is 43.1 Å². The molecule has 0 saturated carbocycles. The quantitative estimate of drug-likeness (QED) is 0.574. The number of halogens is 3. The Morgan fingerprint density at radius 2 is 1.71 bits per heavy atom. The lowest BCUT2D eigenvalue weighted by Crippen LogP contribution is -2.01. The van der Waals surface area contributed by atoms with Crippen molar-refractivity contribution in [2.75, 3.05) is 0 Å². The van der Waals surface area contributed by atoms with Crippen LogP contribution in [0.4, 0.5) is 0 Å². The maximum Gasteiger partial charge on any atom is 0.214 e. The zero-order chi connectivity index (χ0) is 6.08. The van der Waals surface area contributed by atoms with E-state index in [9.17, 15) is 4.79 Å². The highest BCUT2D eigenvalue weighted by molar-refractivity contribution is 5.86. The van der Waals surface area contributed by atoms with Gasteiger partial charge in [-0.2, -0.15) is 0 Å². The monoisotopic (exact) mass is 170 g/mol. The van der Waals surface area contributed by atoms with Crippen molar-refractivity contribution < 1.29 is 8.91 Å². The molecule has 0 heterocycles. The molecule has 2 N–H and O–H groups in total. The topological polar surface area (TPSA) is 43.1 Å². The Hall–Kier alpha value is 0.340. The van der Waals surface area contributed by atoms with Gasteiger partial charge in [-0.3, -0.25) is 4.79 Å². The van der Waals surface area contributed by atoms with Gasteiger partial charge < -0.3 is 5.73 Å². The highest BCUT2D eigenvalue weighted by atomic mass is 35.5. The summed E-state index contributed by atoms with van der Waals surface area (Å²) in [5.74, 6) is -1.26. The molecule has 48 valence electrons. The van der Waals surface area contributed by atoms with Crippen LogP contribution in [0, 0.1) is 0 Å². The van der Waals surface area contributed by atoms with Crippen LogP contribution in [-0.2, 0) is 4.79 Å². The van der Waals surface area contributed by atoms with Gasteiger partial charge in [0, 0.05) is 11.0 Å². The maximum absolute atomic E-state index is 9.68. The number of hydrogen-bond acceptors (Lipinski definition) is 1. The van der Waals surface area contributed by atoms with Crippen LogP contribution in [0.2, 0.25) is 0 Å². The zero-order valence-electron chi connectivity index (χ0n) is 6.21. The number of hydrogen-bond donors (Lipinski definition) is 1. The van der Waals surface area contributed by atoms with Crippen LogP contribution in [-0.4, -0.2) is 5.91 Å². The number of nitrogens with two attached hydrogens (primary N) is 1. The van der Waals surface area contributed by atoms with E-state index in [1.807, 2.05) is 0 Å². The summed E-state index contributed by atoms with van der Waals surface area (Å²) >= 11 is 0. The molecule has 0 aliphatic rings. The van der Waals surface area contributed by atoms with Crippen LogP contribution in [0.15, 0.2) is 0 Å². The van der Waals surface area contributed by atoms with Crippen molar-refractivity contribution in [1.82, 2.24) is 0 Å². The van der Waals surface area contributed by atoms with E-state index >= 15 is 0 Å². The predicted octanol–water partition coefficient (Wildman–Crippen LogP) is 0.757. The summed E-state index contributed by atoms with van der Waals surface area (Å²) in [7, 11) is 0. The molecule has 0 aliphatic carbocycles. The van der Waals surface area contributed by atoms with Crippen molar-refractivity contribution in [2.24, 2.45) is 5.73 Å². The molecule has 5 heteroatoms. The minimum atomic E-state index is -2.61. The highest BCUT2D eigenvalue weighted by Crippen LogP contribution is 1.33. The van der Waals surface area contributed by atoms with E-state index in [0.29, 0.717) is 0 Å². The zero-order valence-corrected chi connectivity index (χ0v) is 5.66.